The molecule has 1 saturated heterocycles. The predicted molar refractivity (Wildman–Crippen MR) is 78.2 cm³/mol. The van der Waals surface area contributed by atoms with E-state index in [2.05, 4.69) is 28.0 Å². The Morgan fingerprint density at radius 3 is 2.68 bits per heavy atom. The number of likely N-dealkylation sites (tertiary alicyclic amines) is 1. The van der Waals surface area contributed by atoms with Gasteiger partial charge in [-0.25, -0.2) is 0 Å². The Bertz CT molecular complexity index is 429. The number of aromatic nitrogens is 2. The van der Waals surface area contributed by atoms with Crippen molar-refractivity contribution in [3.63, 3.8) is 0 Å². The van der Waals surface area contributed by atoms with Crippen LogP contribution >= 0.6 is 0 Å². The monoisotopic (exact) mass is 263 g/mol. The number of nitrogens with two attached hydrogens (primary N) is 1. The topological polar surface area (TPSA) is 59.4 Å². The quantitative estimate of drug-likeness (QED) is 0.511. The highest BCUT2D eigenvalue weighted by atomic mass is 15.3. The highest BCUT2D eigenvalue weighted by Gasteiger charge is 2.11. The lowest BCUT2D eigenvalue weighted by atomic mass is 10.1. The molecule has 0 radical (unpaired) electrons. The summed E-state index contributed by atoms with van der Waals surface area (Å²) < 4.78 is 2.04. The molecule has 1 aliphatic rings. The first-order valence-corrected chi connectivity index (χ1v) is 7.23. The lowest BCUT2D eigenvalue weighted by molar-refractivity contribution is 0.338. The molecule has 1 aromatic heterocycles. The van der Waals surface area contributed by atoms with Gasteiger partial charge in [-0.1, -0.05) is 0 Å². The smallest absolute Gasteiger partial charge is 0.191 e. The van der Waals surface area contributed by atoms with Gasteiger partial charge < -0.3 is 10.6 Å². The molecule has 0 atom stereocenters. The third-order valence-corrected chi connectivity index (χ3v) is 3.59. The van der Waals surface area contributed by atoms with Gasteiger partial charge >= 0.3 is 0 Å². The molecule has 0 bridgehead atoms. The second-order valence-electron chi connectivity index (χ2n) is 5.29. The maximum atomic E-state index is 6.02. The van der Waals surface area contributed by atoms with Crippen LogP contribution in [0.5, 0.6) is 0 Å². The van der Waals surface area contributed by atoms with Crippen LogP contribution in [0.4, 0.5) is 0 Å². The van der Waals surface area contributed by atoms with Crippen LogP contribution in [0.15, 0.2) is 11.1 Å². The van der Waals surface area contributed by atoms with Crippen LogP contribution in [0.25, 0.3) is 0 Å². The van der Waals surface area contributed by atoms with E-state index in [0.29, 0.717) is 5.96 Å². The Kier molecular flexibility index (Phi) is 4.82. The van der Waals surface area contributed by atoms with Crippen molar-refractivity contribution in [1.82, 2.24) is 14.7 Å². The highest BCUT2D eigenvalue weighted by Crippen LogP contribution is 2.08. The third kappa shape index (κ3) is 3.98. The fourth-order valence-electron chi connectivity index (χ4n) is 2.54. The van der Waals surface area contributed by atoms with E-state index in [1.807, 2.05) is 11.6 Å². The Morgan fingerprint density at radius 1 is 1.32 bits per heavy atom. The molecule has 0 unspecified atom stereocenters. The van der Waals surface area contributed by atoms with Crippen LogP contribution in [0.2, 0.25) is 0 Å². The van der Waals surface area contributed by atoms with Gasteiger partial charge in [-0.3, -0.25) is 9.67 Å². The average molecular weight is 263 g/mol. The minimum atomic E-state index is 0.716. The van der Waals surface area contributed by atoms with Gasteiger partial charge in [0.25, 0.3) is 0 Å². The van der Waals surface area contributed by atoms with Gasteiger partial charge in [0.1, 0.15) is 0 Å². The largest absolute Gasteiger partial charge is 0.370 e. The first kappa shape index (κ1) is 13.9. The summed E-state index contributed by atoms with van der Waals surface area (Å²) in [6.45, 7) is 7.93. The number of rotatable bonds is 4. The van der Waals surface area contributed by atoms with Gasteiger partial charge in [0.2, 0.25) is 0 Å². The van der Waals surface area contributed by atoms with Crippen molar-refractivity contribution in [1.29, 1.82) is 0 Å². The molecule has 1 aliphatic heterocycles. The fraction of sp³-hybridized carbons (Fsp3) is 0.714. The normalized spacial score (nSPS) is 16.9. The van der Waals surface area contributed by atoms with Crippen molar-refractivity contribution < 1.29 is 0 Å². The minimum absolute atomic E-state index is 0.716. The van der Waals surface area contributed by atoms with Gasteiger partial charge in [-0.05, 0) is 45.6 Å². The second-order valence-corrected chi connectivity index (χ2v) is 5.29. The van der Waals surface area contributed by atoms with E-state index in [1.54, 1.807) is 0 Å². The molecular weight excluding hydrogens is 238 g/mol. The summed E-state index contributed by atoms with van der Waals surface area (Å²) in [5.74, 6) is 0.716. The van der Waals surface area contributed by atoms with Crippen LogP contribution in [0.1, 0.15) is 37.1 Å². The van der Waals surface area contributed by atoms with E-state index in [0.717, 1.165) is 38.3 Å². The Labute approximate surface area is 115 Å². The Hall–Kier alpha value is -1.52. The summed E-state index contributed by atoms with van der Waals surface area (Å²) >= 11 is 0. The maximum Gasteiger partial charge on any atom is 0.191 e. The Balaban J connectivity index is 1.74. The standard InChI is InChI=1S/C14H25N5/c1-12-11-13(2)19(17-12)10-6-7-16-14(15)18-8-4-3-5-9-18/h11H,3-10H2,1-2H3,(H2,15,16). The van der Waals surface area contributed by atoms with Crippen molar-refractivity contribution in [3.8, 4) is 0 Å². The molecule has 2 heterocycles. The number of guanidine groups is 1. The zero-order valence-corrected chi connectivity index (χ0v) is 12.1. The van der Waals surface area contributed by atoms with E-state index in [9.17, 15) is 0 Å². The summed E-state index contributed by atoms with van der Waals surface area (Å²) in [4.78, 5) is 6.68. The number of aryl methyl sites for hydroxylation is 3. The van der Waals surface area contributed by atoms with Crippen LogP contribution in [0.3, 0.4) is 0 Å². The molecule has 1 fully saturated rings. The maximum absolute atomic E-state index is 6.02. The first-order valence-electron chi connectivity index (χ1n) is 7.23. The average Bonchev–Trinajstić information content (AvgIpc) is 2.74. The van der Waals surface area contributed by atoms with Gasteiger partial charge in [-0.15, -0.1) is 0 Å². The molecule has 106 valence electrons. The number of nitrogens with zero attached hydrogens (tertiary/aromatic N) is 4. The van der Waals surface area contributed by atoms with Gasteiger partial charge in [-0.2, -0.15) is 5.10 Å². The van der Waals surface area contributed by atoms with Crippen molar-refractivity contribution in [2.75, 3.05) is 19.6 Å². The molecule has 0 spiro atoms. The van der Waals surface area contributed by atoms with E-state index in [4.69, 9.17) is 5.73 Å². The SMILES string of the molecule is Cc1cc(C)n(CCCN=C(N)N2CCCCC2)n1. The van der Waals surface area contributed by atoms with Crippen LogP contribution in [0, 0.1) is 13.8 Å². The van der Waals surface area contributed by atoms with E-state index < -0.39 is 0 Å². The molecule has 2 rings (SSSR count). The van der Waals surface area contributed by atoms with E-state index in [1.165, 1.54) is 25.0 Å². The van der Waals surface area contributed by atoms with Crippen LogP contribution in [-0.2, 0) is 6.54 Å². The molecule has 5 nitrogen and oxygen atoms in total. The lowest BCUT2D eigenvalue weighted by Gasteiger charge is -2.27. The first-order chi connectivity index (χ1) is 9.16. The predicted octanol–water partition coefficient (Wildman–Crippen LogP) is 1.69. The van der Waals surface area contributed by atoms with Crippen molar-refractivity contribution in [2.24, 2.45) is 10.7 Å². The van der Waals surface area contributed by atoms with Crippen molar-refractivity contribution >= 4 is 5.96 Å². The number of piperidine rings is 1. The number of aliphatic imine (C=N–C) groups is 1. The zero-order chi connectivity index (χ0) is 13.7. The van der Waals surface area contributed by atoms with Gasteiger partial charge in [0.15, 0.2) is 5.96 Å². The van der Waals surface area contributed by atoms with Crippen molar-refractivity contribution in [2.45, 2.75) is 46.1 Å². The van der Waals surface area contributed by atoms with Gasteiger partial charge in [0, 0.05) is 31.9 Å². The van der Waals surface area contributed by atoms with Crippen molar-refractivity contribution in [3.05, 3.63) is 17.5 Å². The van der Waals surface area contributed by atoms with Crippen LogP contribution in [-0.4, -0.2) is 40.3 Å². The summed E-state index contributed by atoms with van der Waals surface area (Å²) in [5, 5.41) is 4.44. The molecule has 1 aromatic rings. The number of hydrogen-bond donors (Lipinski definition) is 1. The molecule has 2 N–H and O–H groups in total. The van der Waals surface area contributed by atoms with Gasteiger partial charge in [0.05, 0.1) is 5.69 Å². The molecule has 19 heavy (non-hydrogen) atoms. The molecule has 0 aromatic carbocycles. The summed E-state index contributed by atoms with van der Waals surface area (Å²) in [6.07, 6.45) is 4.78. The fourth-order valence-corrected chi connectivity index (χ4v) is 2.54. The Morgan fingerprint density at radius 2 is 2.05 bits per heavy atom. The molecule has 0 saturated carbocycles. The summed E-state index contributed by atoms with van der Waals surface area (Å²) in [5.41, 5.74) is 8.31. The molecule has 0 aliphatic carbocycles. The molecule has 0 amide bonds. The molecular formula is C14H25N5. The lowest BCUT2D eigenvalue weighted by Crippen LogP contribution is -2.40. The molecule has 5 heteroatoms. The minimum Gasteiger partial charge on any atom is -0.370 e. The number of hydrogen-bond acceptors (Lipinski definition) is 2. The van der Waals surface area contributed by atoms with E-state index >= 15 is 0 Å². The summed E-state index contributed by atoms with van der Waals surface area (Å²) in [7, 11) is 0. The zero-order valence-electron chi connectivity index (χ0n) is 12.1. The van der Waals surface area contributed by atoms with Crippen LogP contribution < -0.4 is 5.73 Å². The second kappa shape index (κ2) is 6.59. The highest BCUT2D eigenvalue weighted by molar-refractivity contribution is 5.78. The third-order valence-electron chi connectivity index (χ3n) is 3.59. The van der Waals surface area contributed by atoms with E-state index in [-0.39, 0.29) is 0 Å². The summed E-state index contributed by atoms with van der Waals surface area (Å²) in [6, 6.07) is 2.10.